The van der Waals surface area contributed by atoms with Crippen molar-refractivity contribution < 1.29 is 13.9 Å². The summed E-state index contributed by atoms with van der Waals surface area (Å²) >= 11 is 0. The summed E-state index contributed by atoms with van der Waals surface area (Å²) in [4.78, 5) is 18.7. The maximum Gasteiger partial charge on any atom is 0.226 e. The summed E-state index contributed by atoms with van der Waals surface area (Å²) in [5.74, 6) is -0.225. The van der Waals surface area contributed by atoms with Gasteiger partial charge in [-0.05, 0) is 12.1 Å². The lowest BCUT2D eigenvalue weighted by Crippen LogP contribution is -2.06. The van der Waals surface area contributed by atoms with Crippen LogP contribution in [0.5, 0.6) is 0 Å². The normalized spacial score (nSPS) is 19.7. The number of hydrogen-bond acceptors (Lipinski definition) is 4. The van der Waals surface area contributed by atoms with Crippen molar-refractivity contribution in [3.8, 4) is 0 Å². The Morgan fingerprint density at radius 2 is 2.20 bits per heavy atom. The molecule has 2 heterocycles. The van der Waals surface area contributed by atoms with Gasteiger partial charge in [0, 0.05) is 6.40 Å². The van der Waals surface area contributed by atoms with Gasteiger partial charge < -0.3 is 18.9 Å². The van der Waals surface area contributed by atoms with Crippen LogP contribution in [-0.4, -0.2) is 17.3 Å². The molecule has 3 rings (SSSR count). The molecule has 1 aromatic carbocycles. The van der Waals surface area contributed by atoms with Crippen LogP contribution in [0.15, 0.2) is 33.7 Å². The smallest absolute Gasteiger partial charge is 0.226 e. The molecule has 2 aromatic rings. The zero-order chi connectivity index (χ0) is 10.3. The third-order valence-electron chi connectivity index (χ3n) is 2.09. The summed E-state index contributed by atoms with van der Waals surface area (Å²) in [6.45, 7) is 0. The van der Waals surface area contributed by atoms with Crippen molar-refractivity contribution in [1.29, 1.82) is 0 Å². The van der Waals surface area contributed by atoms with Crippen LogP contribution >= 0.6 is 0 Å². The maximum atomic E-state index is 11.2. The van der Waals surface area contributed by atoms with Gasteiger partial charge in [-0.15, -0.1) is 0 Å². The van der Waals surface area contributed by atoms with Crippen molar-refractivity contribution >= 4 is 23.4 Å². The number of aromatic nitrogens is 1. The molecule has 5 nitrogen and oxygen atoms in total. The van der Waals surface area contributed by atoms with E-state index in [0.29, 0.717) is 11.1 Å². The minimum Gasteiger partial charge on any atom is -0.569 e. The quantitative estimate of drug-likeness (QED) is 0.653. The second-order valence-electron chi connectivity index (χ2n) is 3.06. The second-order valence-corrected chi connectivity index (χ2v) is 3.06. The van der Waals surface area contributed by atoms with E-state index in [0.717, 1.165) is 0 Å². The van der Waals surface area contributed by atoms with E-state index in [2.05, 4.69) is 16.4 Å². The number of benzene rings is 1. The first-order valence-corrected chi connectivity index (χ1v) is 4.35. The highest BCUT2D eigenvalue weighted by Crippen LogP contribution is 2.24. The minimum atomic E-state index is -0.877. The zero-order valence-electron chi connectivity index (χ0n) is 7.51. The molecule has 1 unspecified atom stereocenters. The van der Waals surface area contributed by atoms with Crippen molar-refractivity contribution in [2.75, 3.05) is 0 Å². The third kappa shape index (κ3) is 1.20. The lowest BCUT2D eigenvalue weighted by molar-refractivity contribution is -0.123. The number of hydrogen-bond donors (Lipinski definition) is 0. The first kappa shape index (κ1) is 8.16. The average Bonchev–Trinajstić information content (AvgIpc) is 2.82. The van der Waals surface area contributed by atoms with E-state index in [1.54, 1.807) is 12.1 Å². The fourth-order valence-electron chi connectivity index (χ4n) is 1.39. The first-order valence-electron chi connectivity index (χ1n) is 4.35. The number of amides is 1. The molecule has 0 N–H and O–H groups in total. The first-order chi connectivity index (χ1) is 7.34. The molecular formula is C10H5N2O3-. The molecule has 0 aliphatic carbocycles. The van der Waals surface area contributed by atoms with Crippen LogP contribution in [-0.2, 0) is 9.53 Å². The molecule has 5 heteroatoms. The second kappa shape index (κ2) is 2.91. The minimum absolute atomic E-state index is 0.218. The van der Waals surface area contributed by atoms with Crippen LogP contribution in [0.2, 0.25) is 0 Å². The monoisotopic (exact) mass is 201 g/mol. The molecule has 1 amide bonds. The summed E-state index contributed by atoms with van der Waals surface area (Å²) in [5, 5.41) is 0. The average molecular weight is 201 g/mol. The molecule has 0 fully saturated rings. The van der Waals surface area contributed by atoms with Gasteiger partial charge >= 0.3 is 0 Å². The molecule has 0 radical (unpaired) electrons. The van der Waals surface area contributed by atoms with Crippen LogP contribution in [0.4, 0.5) is 0 Å². The van der Waals surface area contributed by atoms with E-state index >= 15 is 0 Å². The number of oxazole rings is 1. The van der Waals surface area contributed by atoms with Crippen molar-refractivity contribution in [2.45, 2.75) is 6.10 Å². The van der Waals surface area contributed by atoms with Gasteiger partial charge in [0.05, 0.1) is 0 Å². The number of nitrogens with zero attached hydrogens (tertiary/aromatic N) is 2. The Balaban J connectivity index is 2.08. The number of rotatable bonds is 1. The fraction of sp³-hybridized carbons (Fsp3) is 0.100. The Hall–Kier alpha value is -2.17. The predicted molar refractivity (Wildman–Crippen MR) is 50.3 cm³/mol. The van der Waals surface area contributed by atoms with Crippen LogP contribution in [0, 0.1) is 0 Å². The molecule has 15 heavy (non-hydrogen) atoms. The number of carbonyl (C=O) groups is 1. The Kier molecular flexibility index (Phi) is 1.58. The van der Waals surface area contributed by atoms with E-state index in [4.69, 9.17) is 9.15 Å². The highest BCUT2D eigenvalue weighted by atomic mass is 16.5. The molecule has 0 saturated carbocycles. The van der Waals surface area contributed by atoms with Gasteiger partial charge in [0.2, 0.25) is 5.89 Å². The lowest BCUT2D eigenvalue weighted by Gasteiger charge is -2.08. The topological polar surface area (TPSA) is 64.7 Å². The van der Waals surface area contributed by atoms with Crippen LogP contribution in [0.25, 0.3) is 11.1 Å². The maximum absolute atomic E-state index is 11.2. The molecular weight excluding hydrogens is 196 g/mol. The van der Waals surface area contributed by atoms with Gasteiger partial charge in [-0.25, -0.2) is 4.98 Å². The Morgan fingerprint density at radius 3 is 2.93 bits per heavy atom. The summed E-state index contributed by atoms with van der Waals surface area (Å²) < 4.78 is 10.2. The zero-order valence-corrected chi connectivity index (χ0v) is 7.51. The third-order valence-corrected chi connectivity index (χ3v) is 2.09. The number of para-hydroxylation sites is 2. The van der Waals surface area contributed by atoms with Gasteiger partial charge in [-0.3, -0.25) is 0 Å². The Labute approximate surface area is 84.4 Å². The Bertz CT molecular complexity index is 526. The van der Waals surface area contributed by atoms with Crippen LogP contribution in [0.1, 0.15) is 12.0 Å². The summed E-state index contributed by atoms with van der Waals surface area (Å²) in [7, 11) is 0. The van der Waals surface area contributed by atoms with Gasteiger partial charge in [-0.2, -0.15) is 0 Å². The van der Waals surface area contributed by atoms with Gasteiger partial charge in [0.1, 0.15) is 11.4 Å². The van der Waals surface area contributed by atoms with Crippen LogP contribution in [0.3, 0.4) is 0 Å². The number of fused-ring (bicyclic) bond motifs is 1. The number of ether oxygens (including phenoxy) is 1. The van der Waals surface area contributed by atoms with Crippen molar-refractivity contribution in [3.05, 3.63) is 30.2 Å². The van der Waals surface area contributed by atoms with Crippen LogP contribution < -0.4 is 0 Å². The van der Waals surface area contributed by atoms with Crippen molar-refractivity contribution in [3.63, 3.8) is 0 Å². The SMILES string of the molecule is O=C1N=[C-]OC1c1nc2ccccc2o1. The molecule has 1 aliphatic rings. The number of aliphatic imine (C=N–C) groups is 1. The largest absolute Gasteiger partial charge is 0.569 e. The molecule has 0 saturated heterocycles. The standard InChI is InChI=1S/C10H5N2O3/c13-9-8(14-5-11-9)10-12-6-3-1-2-4-7(6)15-10/h1-4,8H/q-1. The lowest BCUT2D eigenvalue weighted by atomic mass is 10.3. The summed E-state index contributed by atoms with van der Waals surface area (Å²) in [6, 6.07) is 7.24. The van der Waals surface area contributed by atoms with Crippen molar-refractivity contribution in [1.82, 2.24) is 4.98 Å². The summed E-state index contributed by atoms with van der Waals surface area (Å²) in [5.41, 5.74) is 1.31. The van der Waals surface area contributed by atoms with Gasteiger partial charge in [0.25, 0.3) is 0 Å². The van der Waals surface area contributed by atoms with E-state index in [9.17, 15) is 4.79 Å². The molecule has 0 bridgehead atoms. The molecule has 1 aliphatic heterocycles. The molecule has 0 spiro atoms. The van der Waals surface area contributed by atoms with Gasteiger partial charge in [0.15, 0.2) is 11.7 Å². The Morgan fingerprint density at radius 1 is 1.33 bits per heavy atom. The molecule has 1 aromatic heterocycles. The highest BCUT2D eigenvalue weighted by Gasteiger charge is 2.21. The highest BCUT2D eigenvalue weighted by molar-refractivity contribution is 5.92. The van der Waals surface area contributed by atoms with E-state index in [1.807, 2.05) is 12.1 Å². The van der Waals surface area contributed by atoms with E-state index < -0.39 is 12.0 Å². The van der Waals surface area contributed by atoms with Crippen molar-refractivity contribution in [2.24, 2.45) is 4.99 Å². The summed E-state index contributed by atoms with van der Waals surface area (Å²) in [6.07, 6.45) is 1.26. The molecule has 1 atom stereocenters. The van der Waals surface area contributed by atoms with Gasteiger partial charge in [-0.1, -0.05) is 12.1 Å². The van der Waals surface area contributed by atoms with E-state index in [-0.39, 0.29) is 5.89 Å². The van der Waals surface area contributed by atoms with E-state index in [1.165, 1.54) is 0 Å². The fourth-order valence-corrected chi connectivity index (χ4v) is 1.39. The predicted octanol–water partition coefficient (Wildman–Crippen LogP) is 1.33. The molecule has 74 valence electrons. The number of carbonyl (C=O) groups excluding carboxylic acids is 1.